The van der Waals surface area contributed by atoms with E-state index in [1.165, 1.54) is 164 Å². The van der Waals surface area contributed by atoms with Gasteiger partial charge in [0, 0.05) is 0 Å². The van der Waals surface area contributed by atoms with E-state index in [9.17, 15) is 0 Å². The standard InChI is InChI=1S/3C30H20/c1-3-13-23-21(9-1)11-7-17-25(23)29-19-20-30(28-16-6-5-15-27(28)29)26-18-8-12-22-10-2-4-14-24(22)26;1-3-9-23-19-25(15-13-21(23)7-1)27-17-18-28(30-12-6-5-11-29(27)30)26-16-14-22-8-2-4-10-24(22)20-26;1-2-10-23-20-24(17-16-21(23)8-1)26-18-19-30(29-14-6-5-13-27(26)29)28-15-7-11-22-9-3-4-12-25(22)28/h3*1-20H. The van der Waals surface area contributed by atoms with Crippen molar-refractivity contribution in [3.63, 3.8) is 0 Å². The van der Waals surface area contributed by atoms with Gasteiger partial charge in [-0.25, -0.2) is 0 Å². The second-order valence-electron chi connectivity index (χ2n) is 23.4. The van der Waals surface area contributed by atoms with Crippen LogP contribution in [0.15, 0.2) is 364 Å². The fourth-order valence-electron chi connectivity index (χ4n) is 13.8. The number of benzene rings is 18. The lowest BCUT2D eigenvalue weighted by atomic mass is 9.89. The van der Waals surface area contributed by atoms with Gasteiger partial charge in [-0.15, -0.1) is 0 Å². The average Bonchev–Trinajstić information content (AvgIpc) is 1.27. The molecule has 0 heterocycles. The van der Waals surface area contributed by atoms with E-state index >= 15 is 0 Å². The summed E-state index contributed by atoms with van der Waals surface area (Å²) in [7, 11) is 0. The van der Waals surface area contributed by atoms with Gasteiger partial charge in [-0.2, -0.15) is 0 Å². The molecule has 18 aromatic rings. The van der Waals surface area contributed by atoms with Crippen LogP contribution in [0.25, 0.3) is 164 Å². The van der Waals surface area contributed by atoms with Gasteiger partial charge in [-0.3, -0.25) is 0 Å². The Morgan fingerprint density at radius 2 is 0.289 bits per heavy atom. The van der Waals surface area contributed by atoms with Gasteiger partial charge in [0.2, 0.25) is 0 Å². The first-order valence-corrected chi connectivity index (χ1v) is 31.1. The minimum absolute atomic E-state index is 1.26. The van der Waals surface area contributed by atoms with Crippen molar-refractivity contribution in [1.29, 1.82) is 0 Å². The van der Waals surface area contributed by atoms with E-state index in [0.717, 1.165) is 0 Å². The summed E-state index contributed by atoms with van der Waals surface area (Å²) in [6, 6.07) is 132. The fourth-order valence-corrected chi connectivity index (χ4v) is 13.8. The smallest absolute Gasteiger partial charge is 0.00987 e. The lowest BCUT2D eigenvalue weighted by molar-refractivity contribution is 1.65. The summed E-state index contributed by atoms with van der Waals surface area (Å²) in [5.41, 5.74) is 15.3. The molecule has 0 saturated heterocycles. The van der Waals surface area contributed by atoms with Crippen LogP contribution in [0.3, 0.4) is 0 Å². The Labute approximate surface area is 524 Å². The van der Waals surface area contributed by atoms with E-state index in [0.29, 0.717) is 0 Å². The molecular weight excluding hydrogens is 1080 g/mol. The number of rotatable bonds is 6. The van der Waals surface area contributed by atoms with Crippen LogP contribution in [-0.2, 0) is 0 Å². The molecule has 0 nitrogen and oxygen atoms in total. The Morgan fingerprint density at radius 1 is 0.100 bits per heavy atom. The lowest BCUT2D eigenvalue weighted by Crippen LogP contribution is -1.88. The number of fused-ring (bicyclic) bond motifs is 9. The summed E-state index contributed by atoms with van der Waals surface area (Å²) in [4.78, 5) is 0. The maximum Gasteiger partial charge on any atom is -0.00987 e. The number of hydrogen-bond acceptors (Lipinski definition) is 0. The zero-order valence-electron chi connectivity index (χ0n) is 49.6. The molecular formula is C90H60. The molecule has 0 atom stereocenters. The highest BCUT2D eigenvalue weighted by Crippen LogP contribution is 2.43. The molecule has 0 amide bonds. The Morgan fingerprint density at radius 3 is 0.567 bits per heavy atom. The molecule has 0 heteroatoms. The minimum Gasteiger partial charge on any atom is -0.0616 e. The van der Waals surface area contributed by atoms with Crippen molar-refractivity contribution >= 4 is 97.0 Å². The van der Waals surface area contributed by atoms with Crippen LogP contribution >= 0.6 is 0 Å². The molecule has 0 aliphatic rings. The average molecular weight is 1140 g/mol. The Bertz CT molecular complexity index is 5480. The molecule has 0 bridgehead atoms. The van der Waals surface area contributed by atoms with Crippen LogP contribution in [0.4, 0.5) is 0 Å². The monoisotopic (exact) mass is 1140 g/mol. The molecule has 18 aromatic carbocycles. The second kappa shape index (κ2) is 23.5. The summed E-state index contributed by atoms with van der Waals surface area (Å²) in [5.74, 6) is 0. The van der Waals surface area contributed by atoms with Crippen molar-refractivity contribution in [3.8, 4) is 66.8 Å². The molecule has 18 rings (SSSR count). The quantitative estimate of drug-likeness (QED) is 0.156. The van der Waals surface area contributed by atoms with Crippen molar-refractivity contribution in [1.82, 2.24) is 0 Å². The molecule has 0 fully saturated rings. The number of hydrogen-bond donors (Lipinski definition) is 0. The van der Waals surface area contributed by atoms with Crippen LogP contribution < -0.4 is 0 Å². The first-order chi connectivity index (χ1) is 44.6. The van der Waals surface area contributed by atoms with Gasteiger partial charge in [0.1, 0.15) is 0 Å². The van der Waals surface area contributed by atoms with E-state index in [-0.39, 0.29) is 0 Å². The van der Waals surface area contributed by atoms with E-state index < -0.39 is 0 Å². The molecule has 0 N–H and O–H groups in total. The van der Waals surface area contributed by atoms with E-state index in [1.54, 1.807) is 0 Å². The third-order valence-corrected chi connectivity index (χ3v) is 18.2. The van der Waals surface area contributed by atoms with Crippen LogP contribution in [-0.4, -0.2) is 0 Å². The van der Waals surface area contributed by atoms with Gasteiger partial charge in [-0.05, 0) is 182 Å². The summed E-state index contributed by atoms with van der Waals surface area (Å²) in [5, 5.41) is 23.1. The molecule has 0 spiro atoms. The van der Waals surface area contributed by atoms with E-state index in [4.69, 9.17) is 0 Å². The fraction of sp³-hybridized carbons (Fsp3) is 0. The third kappa shape index (κ3) is 10.1. The Balaban J connectivity index is 0.000000108. The zero-order valence-corrected chi connectivity index (χ0v) is 49.6. The normalized spacial score (nSPS) is 11.3. The maximum atomic E-state index is 2.30. The van der Waals surface area contributed by atoms with Crippen LogP contribution in [0.1, 0.15) is 0 Å². The summed E-state index contributed by atoms with van der Waals surface area (Å²) in [6.45, 7) is 0. The minimum atomic E-state index is 1.26. The second-order valence-corrected chi connectivity index (χ2v) is 23.4. The maximum absolute atomic E-state index is 2.30. The summed E-state index contributed by atoms with van der Waals surface area (Å²) < 4.78 is 0. The SMILES string of the molecule is c1ccc2c(-c3ccc(-c4cccc5ccccc45)c4ccccc34)cccc2c1.c1ccc2cc(-c3ccc(-c4ccc5ccccc5c4)c4ccccc34)ccc2c1.c1ccc2cc(-c3ccc(-c4cccc5ccccc45)c4ccccc34)ccc2c1. The first-order valence-electron chi connectivity index (χ1n) is 31.1. The largest absolute Gasteiger partial charge is 0.0616 e. The van der Waals surface area contributed by atoms with E-state index in [1.807, 2.05) is 0 Å². The molecule has 0 aliphatic heterocycles. The third-order valence-electron chi connectivity index (χ3n) is 18.2. The predicted octanol–water partition coefficient (Wildman–Crippen LogP) is 25.4. The molecule has 0 saturated carbocycles. The van der Waals surface area contributed by atoms with Gasteiger partial charge in [0.05, 0.1) is 0 Å². The van der Waals surface area contributed by atoms with Crippen LogP contribution in [0, 0.1) is 0 Å². The van der Waals surface area contributed by atoms with Crippen molar-refractivity contribution in [2.45, 2.75) is 0 Å². The van der Waals surface area contributed by atoms with Gasteiger partial charge in [-0.1, -0.05) is 346 Å². The van der Waals surface area contributed by atoms with Crippen LogP contribution in [0.5, 0.6) is 0 Å². The van der Waals surface area contributed by atoms with Gasteiger partial charge >= 0.3 is 0 Å². The van der Waals surface area contributed by atoms with Crippen molar-refractivity contribution in [2.24, 2.45) is 0 Å². The highest BCUT2D eigenvalue weighted by atomic mass is 14.2. The highest BCUT2D eigenvalue weighted by molar-refractivity contribution is 6.14. The highest BCUT2D eigenvalue weighted by Gasteiger charge is 2.16. The molecule has 90 heavy (non-hydrogen) atoms. The molecule has 0 aliphatic carbocycles. The Hall–Kier alpha value is -11.7. The lowest BCUT2D eigenvalue weighted by Gasteiger charge is -2.15. The molecule has 0 radical (unpaired) electrons. The molecule has 0 aromatic heterocycles. The zero-order chi connectivity index (χ0) is 59.7. The summed E-state index contributed by atoms with van der Waals surface area (Å²) >= 11 is 0. The van der Waals surface area contributed by atoms with Crippen molar-refractivity contribution < 1.29 is 0 Å². The molecule has 420 valence electrons. The van der Waals surface area contributed by atoms with Crippen molar-refractivity contribution in [3.05, 3.63) is 364 Å². The van der Waals surface area contributed by atoms with Gasteiger partial charge in [0.15, 0.2) is 0 Å². The van der Waals surface area contributed by atoms with Gasteiger partial charge in [0.25, 0.3) is 0 Å². The van der Waals surface area contributed by atoms with Crippen LogP contribution in [0.2, 0.25) is 0 Å². The Kier molecular flexibility index (Phi) is 14.1. The van der Waals surface area contributed by atoms with Gasteiger partial charge < -0.3 is 0 Å². The first kappa shape index (κ1) is 53.7. The topological polar surface area (TPSA) is 0 Å². The summed E-state index contributed by atoms with van der Waals surface area (Å²) in [6.07, 6.45) is 0. The molecule has 0 unspecified atom stereocenters. The van der Waals surface area contributed by atoms with Crippen molar-refractivity contribution in [2.75, 3.05) is 0 Å². The van der Waals surface area contributed by atoms with E-state index in [2.05, 4.69) is 364 Å². The predicted molar refractivity (Wildman–Crippen MR) is 389 cm³/mol.